The maximum Gasteiger partial charge on any atom is 0.160 e. The zero-order chi connectivity index (χ0) is 65.8. The van der Waals surface area contributed by atoms with Crippen LogP contribution < -0.4 is 0 Å². The molecule has 0 aliphatic rings. The number of fused-ring (bicyclic) bond motifs is 15. The van der Waals surface area contributed by atoms with Crippen molar-refractivity contribution in [3.05, 3.63) is 352 Å². The molecule has 0 amide bonds. The lowest BCUT2D eigenvalue weighted by Gasteiger charge is -2.17. The van der Waals surface area contributed by atoms with Gasteiger partial charge in [-0.05, 0) is 176 Å². The number of imidazole rings is 2. The first-order chi connectivity index (χ1) is 49.6. The van der Waals surface area contributed by atoms with Gasteiger partial charge in [0.05, 0.1) is 33.3 Å². The minimum Gasteiger partial charge on any atom is -0.292 e. The van der Waals surface area contributed by atoms with Gasteiger partial charge in [0, 0.05) is 44.6 Å². The van der Waals surface area contributed by atoms with Crippen molar-refractivity contribution < 1.29 is 0 Å². The third-order valence-electron chi connectivity index (χ3n) is 20.3. The molecule has 0 saturated carbocycles. The molecule has 3 heterocycles. The number of rotatable bonds is 10. The molecule has 0 radical (unpaired) electrons. The van der Waals surface area contributed by atoms with E-state index in [1.54, 1.807) is 0 Å². The Balaban J connectivity index is 0.789. The third-order valence-corrected chi connectivity index (χ3v) is 20.3. The summed E-state index contributed by atoms with van der Waals surface area (Å²) >= 11 is 0. The van der Waals surface area contributed by atoms with E-state index in [0.717, 1.165) is 128 Å². The first-order valence-electron chi connectivity index (χ1n) is 34.1. The molecule has 0 bridgehead atoms. The highest BCUT2D eigenvalue weighted by atomic mass is 15.1. The van der Waals surface area contributed by atoms with E-state index in [2.05, 4.69) is 355 Å². The van der Waals surface area contributed by atoms with Crippen LogP contribution in [0.25, 0.3) is 199 Å². The molecule has 17 aromatic carbocycles. The molecule has 3 aromatic heterocycles. The minimum atomic E-state index is 0.631. The summed E-state index contributed by atoms with van der Waals surface area (Å²) in [5, 5.41) is 15.7. The fraction of sp³-hybridized carbons (Fsp3) is 0. The fourth-order valence-electron chi connectivity index (χ4n) is 15.5. The number of nitrogens with zero attached hydrogens (tertiary/aromatic N) is 6. The van der Waals surface area contributed by atoms with E-state index >= 15 is 0 Å². The molecule has 0 N–H and O–H groups in total. The van der Waals surface area contributed by atoms with Crippen LogP contribution >= 0.6 is 0 Å². The molecule has 20 rings (SSSR count). The van der Waals surface area contributed by atoms with Crippen LogP contribution in [0.5, 0.6) is 0 Å². The lowest BCUT2D eigenvalue weighted by molar-refractivity contribution is 1.10. The zero-order valence-corrected chi connectivity index (χ0v) is 54.2. The smallest absolute Gasteiger partial charge is 0.160 e. The van der Waals surface area contributed by atoms with Crippen LogP contribution in [0.2, 0.25) is 0 Å². The van der Waals surface area contributed by atoms with Crippen LogP contribution in [0.15, 0.2) is 352 Å². The van der Waals surface area contributed by atoms with Gasteiger partial charge in [0.25, 0.3) is 0 Å². The average Bonchev–Trinajstić information content (AvgIpc) is 1.02. The number of hydrogen-bond acceptors (Lipinski definition) is 4. The lowest BCUT2D eigenvalue weighted by Crippen LogP contribution is -1.98. The predicted octanol–water partition coefficient (Wildman–Crippen LogP) is 24.6. The van der Waals surface area contributed by atoms with E-state index in [0.29, 0.717) is 5.82 Å². The Labute approximate surface area is 576 Å². The standard InChI is InChI=1S/C94H58N6/c1-5-21-63(22-6-1)93-95-86-57-66(47-51-88(86)99(93)70-25-9-3-10-26-70)59-37-41-61(42-38-59)90-85-56-69(65-45-49-80-76-33-15-13-29-72(76)74-31-17-19-35-78(74)83(80)53-65)55-82(68-46-50-81-77-34-16-14-30-73(77)75-32-18-20-36-79(75)84(81)54-68)91(85)98-92(97-90)62-43-39-60(40-44-62)67-48-52-89-87(58-67)96-94(64-23-7-2-8-24-64)100(89)71-27-11-4-12-28-71/h1-58H. The van der Waals surface area contributed by atoms with Gasteiger partial charge in [-0.15, -0.1) is 0 Å². The number of aromatic nitrogens is 6. The van der Waals surface area contributed by atoms with Crippen LogP contribution in [0.3, 0.4) is 0 Å². The van der Waals surface area contributed by atoms with Crippen LogP contribution in [-0.2, 0) is 0 Å². The highest BCUT2D eigenvalue weighted by Crippen LogP contribution is 2.45. The molecule has 0 unspecified atom stereocenters. The number of para-hydroxylation sites is 2. The van der Waals surface area contributed by atoms with Crippen molar-refractivity contribution in [2.75, 3.05) is 0 Å². The molecule has 0 aliphatic carbocycles. The van der Waals surface area contributed by atoms with E-state index in [-0.39, 0.29) is 0 Å². The van der Waals surface area contributed by atoms with E-state index in [4.69, 9.17) is 19.9 Å². The Kier molecular flexibility index (Phi) is 13.2. The van der Waals surface area contributed by atoms with Crippen molar-refractivity contribution in [3.8, 4) is 101 Å². The molecular formula is C94H58N6. The van der Waals surface area contributed by atoms with Crippen LogP contribution in [-0.4, -0.2) is 29.1 Å². The van der Waals surface area contributed by atoms with E-state index in [9.17, 15) is 0 Å². The summed E-state index contributed by atoms with van der Waals surface area (Å²) in [6.45, 7) is 0. The monoisotopic (exact) mass is 1270 g/mol. The van der Waals surface area contributed by atoms with Crippen LogP contribution in [0.1, 0.15) is 0 Å². The molecule has 464 valence electrons. The molecule has 0 aliphatic heterocycles. The second kappa shape index (κ2) is 23.2. The van der Waals surface area contributed by atoms with E-state index < -0.39 is 0 Å². The number of benzene rings is 17. The van der Waals surface area contributed by atoms with E-state index in [1.165, 1.54) is 64.6 Å². The summed E-state index contributed by atoms with van der Waals surface area (Å²) in [5.41, 5.74) is 20.3. The van der Waals surface area contributed by atoms with Crippen molar-refractivity contribution in [3.63, 3.8) is 0 Å². The van der Waals surface area contributed by atoms with Crippen LogP contribution in [0, 0.1) is 0 Å². The van der Waals surface area contributed by atoms with Gasteiger partial charge in [0.2, 0.25) is 0 Å². The van der Waals surface area contributed by atoms with Gasteiger partial charge in [-0.1, -0.05) is 279 Å². The summed E-state index contributed by atoms with van der Waals surface area (Å²) in [4.78, 5) is 22.2. The third kappa shape index (κ3) is 9.41. The molecular weight excluding hydrogens is 1210 g/mol. The topological polar surface area (TPSA) is 61.4 Å². The molecule has 0 fully saturated rings. The summed E-state index contributed by atoms with van der Waals surface area (Å²) in [6, 6.07) is 127. The predicted molar refractivity (Wildman–Crippen MR) is 417 cm³/mol. The first kappa shape index (κ1) is 56.9. The lowest BCUT2D eigenvalue weighted by atomic mass is 9.88. The Bertz CT molecular complexity index is 6590. The van der Waals surface area contributed by atoms with Gasteiger partial charge in [0.15, 0.2) is 5.82 Å². The van der Waals surface area contributed by atoms with Gasteiger partial charge in [-0.3, -0.25) is 9.13 Å². The van der Waals surface area contributed by atoms with Gasteiger partial charge < -0.3 is 0 Å². The van der Waals surface area contributed by atoms with Gasteiger partial charge in [0.1, 0.15) is 11.6 Å². The maximum atomic E-state index is 5.79. The molecule has 6 heteroatoms. The van der Waals surface area contributed by atoms with Crippen molar-refractivity contribution in [2.24, 2.45) is 0 Å². The molecule has 0 atom stereocenters. The SMILES string of the molecule is c1ccc(-c2nc3cc(-c4ccc(-c5nc(-c6ccc(-c7ccc8c(c7)nc(-c7ccccc7)n8-c7ccccc7)cc6)c6cc(-c7ccc8c9ccccc9c9ccccc9c8c7)cc(-c7ccc8c9ccccc9c9ccccc9c8c7)c6n5)cc4)ccc3n2-c2ccccc2)cc1. The van der Waals surface area contributed by atoms with Gasteiger partial charge in [-0.2, -0.15) is 0 Å². The quantitative estimate of drug-likeness (QED) is 0.128. The van der Waals surface area contributed by atoms with Crippen molar-refractivity contribution in [1.29, 1.82) is 0 Å². The largest absolute Gasteiger partial charge is 0.292 e. The average molecular weight is 1270 g/mol. The molecule has 100 heavy (non-hydrogen) atoms. The van der Waals surface area contributed by atoms with Crippen LogP contribution in [0.4, 0.5) is 0 Å². The fourth-order valence-corrected chi connectivity index (χ4v) is 15.5. The first-order valence-corrected chi connectivity index (χ1v) is 34.1. The summed E-state index contributed by atoms with van der Waals surface area (Å²) < 4.78 is 4.52. The minimum absolute atomic E-state index is 0.631. The second-order valence-corrected chi connectivity index (χ2v) is 26.0. The Morgan fingerprint density at radius 3 is 0.970 bits per heavy atom. The van der Waals surface area contributed by atoms with Crippen molar-refractivity contribution in [1.82, 2.24) is 29.1 Å². The Morgan fingerprint density at radius 1 is 0.190 bits per heavy atom. The summed E-state index contributed by atoms with van der Waals surface area (Å²) in [7, 11) is 0. The summed E-state index contributed by atoms with van der Waals surface area (Å²) in [5.74, 6) is 2.43. The molecule has 6 nitrogen and oxygen atoms in total. The highest BCUT2D eigenvalue weighted by Gasteiger charge is 2.23. The molecule has 20 aromatic rings. The summed E-state index contributed by atoms with van der Waals surface area (Å²) in [6.07, 6.45) is 0. The zero-order valence-electron chi connectivity index (χ0n) is 54.2. The molecule has 0 spiro atoms. The highest BCUT2D eigenvalue weighted by molar-refractivity contribution is 6.27. The van der Waals surface area contributed by atoms with Gasteiger partial charge in [-0.25, -0.2) is 19.9 Å². The Morgan fingerprint density at radius 2 is 0.520 bits per heavy atom. The molecule has 0 saturated heterocycles. The Hall–Kier alpha value is -13.4. The maximum absolute atomic E-state index is 5.79. The number of hydrogen-bond donors (Lipinski definition) is 0. The second-order valence-electron chi connectivity index (χ2n) is 26.0. The van der Waals surface area contributed by atoms with Crippen molar-refractivity contribution >= 4 is 97.6 Å². The van der Waals surface area contributed by atoms with Crippen molar-refractivity contribution in [2.45, 2.75) is 0 Å². The van der Waals surface area contributed by atoms with Gasteiger partial charge >= 0.3 is 0 Å². The normalized spacial score (nSPS) is 11.8. The van der Waals surface area contributed by atoms with E-state index in [1.807, 2.05) is 6.07 Å².